The molecule has 0 spiro atoms. The molecule has 1 aromatic carbocycles. The van der Waals surface area contributed by atoms with Gasteiger partial charge in [0.2, 0.25) is 11.9 Å². The lowest BCUT2D eigenvalue weighted by atomic mass is 9.78. The van der Waals surface area contributed by atoms with E-state index in [1.165, 1.54) is 11.1 Å². The van der Waals surface area contributed by atoms with Gasteiger partial charge in [-0.2, -0.15) is 15.0 Å². The van der Waals surface area contributed by atoms with Gasteiger partial charge in [-0.05, 0) is 24.0 Å². The second-order valence-electron chi connectivity index (χ2n) is 5.13. The van der Waals surface area contributed by atoms with Gasteiger partial charge in [-0.1, -0.05) is 31.2 Å². The lowest BCUT2D eigenvalue weighted by Gasteiger charge is -2.30. The van der Waals surface area contributed by atoms with E-state index in [0.29, 0.717) is 18.5 Å². The Morgan fingerprint density at radius 1 is 1.29 bits per heavy atom. The molecule has 1 aromatic heterocycles. The van der Waals surface area contributed by atoms with Crippen LogP contribution in [-0.2, 0) is 6.42 Å². The SMILES string of the molecule is CCCOc1nc(N)nc(NCC2Cc3ccccc32)n1. The van der Waals surface area contributed by atoms with Crippen LogP contribution in [0.2, 0.25) is 0 Å². The van der Waals surface area contributed by atoms with Crippen LogP contribution in [0.4, 0.5) is 11.9 Å². The van der Waals surface area contributed by atoms with Crippen molar-refractivity contribution in [1.82, 2.24) is 15.0 Å². The molecule has 1 aliphatic carbocycles. The highest BCUT2D eigenvalue weighted by atomic mass is 16.5. The molecule has 110 valence electrons. The highest BCUT2D eigenvalue weighted by Gasteiger charge is 2.25. The van der Waals surface area contributed by atoms with Crippen molar-refractivity contribution in [1.29, 1.82) is 0 Å². The van der Waals surface area contributed by atoms with Gasteiger partial charge in [0.1, 0.15) is 0 Å². The van der Waals surface area contributed by atoms with Crippen LogP contribution < -0.4 is 15.8 Å². The maximum absolute atomic E-state index is 5.68. The Morgan fingerprint density at radius 2 is 2.14 bits per heavy atom. The Labute approximate surface area is 123 Å². The summed E-state index contributed by atoms with van der Waals surface area (Å²) in [5.41, 5.74) is 8.50. The van der Waals surface area contributed by atoms with Crippen LogP contribution in [-0.4, -0.2) is 28.1 Å². The largest absolute Gasteiger partial charge is 0.463 e. The molecule has 1 unspecified atom stereocenters. The van der Waals surface area contributed by atoms with Crippen LogP contribution in [0.1, 0.15) is 30.4 Å². The molecular formula is C15H19N5O. The van der Waals surface area contributed by atoms with Crippen molar-refractivity contribution in [2.75, 3.05) is 24.2 Å². The standard InChI is InChI=1S/C15H19N5O/c1-2-7-21-15-19-13(16)18-14(20-15)17-9-11-8-10-5-3-4-6-12(10)11/h3-6,11H,2,7-9H2,1H3,(H3,16,17,18,19,20). The Kier molecular flexibility index (Phi) is 3.85. The first-order valence-corrected chi connectivity index (χ1v) is 7.22. The van der Waals surface area contributed by atoms with Gasteiger partial charge in [0.25, 0.3) is 0 Å². The summed E-state index contributed by atoms with van der Waals surface area (Å²) in [5, 5.41) is 3.22. The molecule has 21 heavy (non-hydrogen) atoms. The van der Waals surface area contributed by atoms with Gasteiger partial charge < -0.3 is 15.8 Å². The minimum Gasteiger partial charge on any atom is -0.463 e. The number of hydrogen-bond acceptors (Lipinski definition) is 6. The molecule has 6 heteroatoms. The number of benzene rings is 1. The van der Waals surface area contributed by atoms with Gasteiger partial charge in [-0.3, -0.25) is 0 Å². The smallest absolute Gasteiger partial charge is 0.323 e. The fourth-order valence-corrected chi connectivity index (χ4v) is 2.47. The van der Waals surface area contributed by atoms with E-state index in [-0.39, 0.29) is 12.0 Å². The lowest BCUT2D eigenvalue weighted by Crippen LogP contribution is -2.25. The number of fused-ring (bicyclic) bond motifs is 1. The third-order valence-electron chi connectivity index (χ3n) is 3.54. The van der Waals surface area contributed by atoms with E-state index < -0.39 is 0 Å². The molecule has 3 rings (SSSR count). The predicted molar refractivity (Wildman–Crippen MR) is 81.4 cm³/mol. The Hall–Kier alpha value is -2.37. The fourth-order valence-electron chi connectivity index (χ4n) is 2.47. The number of aromatic nitrogens is 3. The van der Waals surface area contributed by atoms with E-state index in [2.05, 4.69) is 44.5 Å². The number of nitrogens with one attached hydrogen (secondary N) is 1. The number of nitrogen functional groups attached to an aromatic ring is 1. The van der Waals surface area contributed by atoms with E-state index in [9.17, 15) is 0 Å². The summed E-state index contributed by atoms with van der Waals surface area (Å²) in [4.78, 5) is 12.3. The van der Waals surface area contributed by atoms with Crippen LogP contribution in [0.3, 0.4) is 0 Å². The first-order valence-electron chi connectivity index (χ1n) is 7.22. The van der Waals surface area contributed by atoms with Crippen molar-refractivity contribution in [2.24, 2.45) is 0 Å². The van der Waals surface area contributed by atoms with Crippen LogP contribution in [0.5, 0.6) is 6.01 Å². The quantitative estimate of drug-likeness (QED) is 0.844. The van der Waals surface area contributed by atoms with Crippen molar-refractivity contribution in [3.8, 4) is 6.01 Å². The van der Waals surface area contributed by atoms with Gasteiger partial charge >= 0.3 is 6.01 Å². The van der Waals surface area contributed by atoms with E-state index in [1.807, 2.05) is 6.92 Å². The minimum atomic E-state index is 0.174. The molecule has 0 radical (unpaired) electrons. The molecule has 1 aliphatic rings. The van der Waals surface area contributed by atoms with Crippen molar-refractivity contribution in [2.45, 2.75) is 25.7 Å². The molecule has 0 fully saturated rings. The van der Waals surface area contributed by atoms with Gasteiger partial charge in [0.15, 0.2) is 0 Å². The zero-order valence-corrected chi connectivity index (χ0v) is 12.0. The minimum absolute atomic E-state index is 0.174. The highest BCUT2D eigenvalue weighted by molar-refractivity contribution is 5.42. The van der Waals surface area contributed by atoms with Crippen molar-refractivity contribution < 1.29 is 4.74 Å². The number of anilines is 2. The molecule has 6 nitrogen and oxygen atoms in total. The van der Waals surface area contributed by atoms with Crippen molar-refractivity contribution in [3.05, 3.63) is 35.4 Å². The molecule has 0 bridgehead atoms. The molecule has 0 saturated heterocycles. The lowest BCUT2D eigenvalue weighted by molar-refractivity contribution is 0.292. The van der Waals surface area contributed by atoms with Crippen LogP contribution >= 0.6 is 0 Å². The molecule has 3 N–H and O–H groups in total. The number of hydrogen-bond donors (Lipinski definition) is 2. The van der Waals surface area contributed by atoms with E-state index >= 15 is 0 Å². The molecule has 0 aliphatic heterocycles. The first kappa shape index (κ1) is 13.6. The van der Waals surface area contributed by atoms with Crippen molar-refractivity contribution in [3.63, 3.8) is 0 Å². The van der Waals surface area contributed by atoms with Crippen LogP contribution in [0.15, 0.2) is 24.3 Å². The van der Waals surface area contributed by atoms with Gasteiger partial charge in [0, 0.05) is 12.5 Å². The summed E-state index contributed by atoms with van der Waals surface area (Å²) in [6.07, 6.45) is 1.98. The zero-order valence-electron chi connectivity index (χ0n) is 12.0. The Morgan fingerprint density at radius 3 is 2.95 bits per heavy atom. The molecule has 2 aromatic rings. The summed E-state index contributed by atoms with van der Waals surface area (Å²) < 4.78 is 5.40. The Balaban J connectivity index is 1.62. The van der Waals surface area contributed by atoms with Gasteiger partial charge in [-0.25, -0.2) is 0 Å². The monoisotopic (exact) mass is 285 g/mol. The number of nitrogens with two attached hydrogens (primary N) is 1. The summed E-state index contributed by atoms with van der Waals surface area (Å²) in [7, 11) is 0. The van der Waals surface area contributed by atoms with Crippen LogP contribution in [0, 0.1) is 0 Å². The third kappa shape index (κ3) is 3.04. The van der Waals surface area contributed by atoms with Gasteiger partial charge in [-0.15, -0.1) is 0 Å². The third-order valence-corrected chi connectivity index (χ3v) is 3.54. The summed E-state index contributed by atoms with van der Waals surface area (Å²) in [5.74, 6) is 1.14. The van der Waals surface area contributed by atoms with Crippen molar-refractivity contribution >= 4 is 11.9 Å². The number of ether oxygens (including phenoxy) is 1. The van der Waals surface area contributed by atoms with E-state index in [4.69, 9.17) is 10.5 Å². The zero-order chi connectivity index (χ0) is 14.7. The maximum Gasteiger partial charge on any atom is 0.323 e. The average molecular weight is 285 g/mol. The second-order valence-corrected chi connectivity index (χ2v) is 5.13. The molecular weight excluding hydrogens is 266 g/mol. The number of rotatable bonds is 6. The molecule has 0 saturated carbocycles. The summed E-state index contributed by atoms with van der Waals surface area (Å²) >= 11 is 0. The van der Waals surface area contributed by atoms with E-state index in [0.717, 1.165) is 19.4 Å². The molecule has 1 atom stereocenters. The second kappa shape index (κ2) is 5.95. The Bertz CT molecular complexity index is 631. The summed E-state index contributed by atoms with van der Waals surface area (Å²) in [6, 6.07) is 8.77. The van der Waals surface area contributed by atoms with Crippen LogP contribution in [0.25, 0.3) is 0 Å². The fraction of sp³-hybridized carbons (Fsp3) is 0.400. The van der Waals surface area contributed by atoms with Gasteiger partial charge in [0.05, 0.1) is 6.61 Å². The summed E-state index contributed by atoms with van der Waals surface area (Å²) in [6.45, 7) is 3.38. The normalized spacial score (nSPS) is 16.0. The van der Waals surface area contributed by atoms with E-state index in [1.54, 1.807) is 0 Å². The average Bonchev–Trinajstić information content (AvgIpc) is 2.45. The highest BCUT2D eigenvalue weighted by Crippen LogP contribution is 2.34. The first-order chi connectivity index (χ1) is 10.3. The molecule has 1 heterocycles. The number of nitrogens with zero attached hydrogens (tertiary/aromatic N) is 3. The molecule has 0 amide bonds. The predicted octanol–water partition coefficient (Wildman–Crippen LogP) is 1.99. The maximum atomic E-state index is 5.68. The topological polar surface area (TPSA) is 86.0 Å².